The van der Waals surface area contributed by atoms with E-state index in [0.29, 0.717) is 6.04 Å². The van der Waals surface area contributed by atoms with Gasteiger partial charge in [-0.3, -0.25) is 0 Å². The molecule has 0 amide bonds. The predicted octanol–water partition coefficient (Wildman–Crippen LogP) is 4.12. The lowest BCUT2D eigenvalue weighted by Crippen LogP contribution is -2.15. The Morgan fingerprint density at radius 1 is 1.28 bits per heavy atom. The first-order chi connectivity index (χ1) is 8.54. The van der Waals surface area contributed by atoms with Crippen molar-refractivity contribution in [3.63, 3.8) is 0 Å². The summed E-state index contributed by atoms with van der Waals surface area (Å²) in [5.74, 6) is 0.754. The zero-order valence-electron chi connectivity index (χ0n) is 11.2. The molecule has 2 aromatic rings. The summed E-state index contributed by atoms with van der Waals surface area (Å²) in [4.78, 5) is 4.57. The van der Waals surface area contributed by atoms with E-state index in [1.54, 1.807) is 11.3 Å². The highest BCUT2D eigenvalue weighted by atomic mass is 32.1. The zero-order chi connectivity index (χ0) is 13.1. The van der Waals surface area contributed by atoms with E-state index in [-0.39, 0.29) is 0 Å². The molecule has 3 nitrogen and oxygen atoms in total. The minimum absolute atomic E-state index is 0.463. The normalized spacial score (nSPS) is 13.1. The van der Waals surface area contributed by atoms with Crippen LogP contribution in [0.5, 0.6) is 0 Å². The predicted molar refractivity (Wildman–Crippen MR) is 81.2 cm³/mol. The Hall–Kier alpha value is -1.29. The van der Waals surface area contributed by atoms with Crippen molar-refractivity contribution in [3.8, 4) is 0 Å². The number of nitrogens with two attached hydrogens (primary N) is 1. The molecule has 1 aromatic carbocycles. The van der Waals surface area contributed by atoms with Crippen LogP contribution in [0.3, 0.4) is 0 Å². The van der Waals surface area contributed by atoms with E-state index in [1.165, 1.54) is 12.8 Å². The smallest absolute Gasteiger partial charge is 0.183 e. The number of thiazole rings is 1. The van der Waals surface area contributed by atoms with Crippen molar-refractivity contribution >= 4 is 32.4 Å². The summed E-state index contributed by atoms with van der Waals surface area (Å²) in [6.07, 6.45) is 2.42. The van der Waals surface area contributed by atoms with Crippen molar-refractivity contribution in [2.75, 3.05) is 11.1 Å². The van der Waals surface area contributed by atoms with Crippen LogP contribution in [0.25, 0.3) is 10.2 Å². The number of nitrogens with one attached hydrogen (secondary N) is 1. The maximum Gasteiger partial charge on any atom is 0.183 e. The second kappa shape index (κ2) is 5.57. The third kappa shape index (κ3) is 3.35. The van der Waals surface area contributed by atoms with Gasteiger partial charge in [-0.25, -0.2) is 4.98 Å². The Bertz CT molecular complexity index is 519. The molecule has 1 unspecified atom stereocenters. The van der Waals surface area contributed by atoms with Gasteiger partial charge in [-0.1, -0.05) is 25.2 Å². The van der Waals surface area contributed by atoms with E-state index in [9.17, 15) is 0 Å². The first kappa shape index (κ1) is 13.1. The number of rotatable bonds is 5. The molecule has 18 heavy (non-hydrogen) atoms. The SMILES string of the molecule is CC(C)CCC(C)Nc1nc2ccc(N)cc2s1. The minimum atomic E-state index is 0.463. The van der Waals surface area contributed by atoms with Crippen LogP contribution in [-0.2, 0) is 0 Å². The highest BCUT2D eigenvalue weighted by Gasteiger charge is 2.08. The van der Waals surface area contributed by atoms with Crippen molar-refractivity contribution in [1.29, 1.82) is 0 Å². The topological polar surface area (TPSA) is 50.9 Å². The molecule has 0 spiro atoms. The van der Waals surface area contributed by atoms with Crippen LogP contribution in [0, 0.1) is 5.92 Å². The fraction of sp³-hybridized carbons (Fsp3) is 0.500. The number of aromatic nitrogens is 1. The molecule has 4 heteroatoms. The average molecular weight is 263 g/mol. The van der Waals surface area contributed by atoms with Crippen LogP contribution in [0.2, 0.25) is 0 Å². The number of nitrogens with zero attached hydrogens (tertiary/aromatic N) is 1. The van der Waals surface area contributed by atoms with Gasteiger partial charge in [0.1, 0.15) is 0 Å². The summed E-state index contributed by atoms with van der Waals surface area (Å²) in [6, 6.07) is 6.32. The summed E-state index contributed by atoms with van der Waals surface area (Å²) in [6.45, 7) is 6.73. The molecule has 0 fully saturated rings. The number of benzene rings is 1. The highest BCUT2D eigenvalue weighted by molar-refractivity contribution is 7.22. The number of hydrogen-bond acceptors (Lipinski definition) is 4. The average Bonchev–Trinajstić information content (AvgIpc) is 2.67. The van der Waals surface area contributed by atoms with Gasteiger partial charge >= 0.3 is 0 Å². The van der Waals surface area contributed by atoms with Crippen LogP contribution in [0.1, 0.15) is 33.6 Å². The standard InChI is InChI=1S/C14H21N3S/c1-9(2)4-5-10(3)16-14-17-12-7-6-11(15)8-13(12)18-14/h6-10H,4-5,15H2,1-3H3,(H,16,17). The van der Waals surface area contributed by atoms with Crippen molar-refractivity contribution in [3.05, 3.63) is 18.2 Å². The maximum atomic E-state index is 5.77. The molecule has 1 atom stereocenters. The summed E-state index contributed by atoms with van der Waals surface area (Å²) in [5, 5.41) is 4.47. The van der Waals surface area contributed by atoms with Crippen molar-refractivity contribution < 1.29 is 0 Å². The Morgan fingerprint density at radius 2 is 2.06 bits per heavy atom. The Kier molecular flexibility index (Phi) is 4.07. The largest absolute Gasteiger partial charge is 0.399 e. The summed E-state index contributed by atoms with van der Waals surface area (Å²) >= 11 is 1.67. The molecule has 0 bridgehead atoms. The zero-order valence-corrected chi connectivity index (χ0v) is 12.1. The summed E-state index contributed by atoms with van der Waals surface area (Å²) < 4.78 is 1.15. The van der Waals surface area contributed by atoms with Gasteiger partial charge in [0.2, 0.25) is 0 Å². The van der Waals surface area contributed by atoms with E-state index < -0.39 is 0 Å². The fourth-order valence-electron chi connectivity index (χ4n) is 1.87. The van der Waals surface area contributed by atoms with Gasteiger partial charge < -0.3 is 11.1 Å². The number of fused-ring (bicyclic) bond motifs is 1. The Labute approximate surface area is 112 Å². The van der Waals surface area contributed by atoms with Gasteiger partial charge in [0.05, 0.1) is 10.2 Å². The molecule has 98 valence electrons. The third-order valence-electron chi connectivity index (χ3n) is 2.96. The van der Waals surface area contributed by atoms with Gasteiger partial charge in [-0.15, -0.1) is 0 Å². The van der Waals surface area contributed by atoms with E-state index in [0.717, 1.165) is 27.0 Å². The molecule has 0 aliphatic rings. The second-order valence-corrected chi connectivity index (χ2v) is 6.29. The van der Waals surface area contributed by atoms with Gasteiger partial charge in [0, 0.05) is 11.7 Å². The van der Waals surface area contributed by atoms with Gasteiger partial charge in [0.25, 0.3) is 0 Å². The summed E-state index contributed by atoms with van der Waals surface area (Å²) in [5.41, 5.74) is 7.59. The molecule has 0 aliphatic carbocycles. The third-order valence-corrected chi connectivity index (χ3v) is 3.91. The van der Waals surface area contributed by atoms with Gasteiger partial charge in [-0.2, -0.15) is 0 Å². The molecule has 3 N–H and O–H groups in total. The molecule has 2 rings (SSSR count). The van der Waals surface area contributed by atoms with E-state index >= 15 is 0 Å². The quantitative estimate of drug-likeness (QED) is 0.798. The fourth-order valence-corrected chi connectivity index (χ4v) is 2.89. The number of hydrogen-bond donors (Lipinski definition) is 2. The molecule has 0 saturated carbocycles. The van der Waals surface area contributed by atoms with Crippen molar-refractivity contribution in [1.82, 2.24) is 4.98 Å². The molecule has 0 aliphatic heterocycles. The van der Waals surface area contributed by atoms with Crippen LogP contribution >= 0.6 is 11.3 Å². The lowest BCUT2D eigenvalue weighted by Gasteiger charge is -2.13. The maximum absolute atomic E-state index is 5.77. The highest BCUT2D eigenvalue weighted by Crippen LogP contribution is 2.28. The minimum Gasteiger partial charge on any atom is -0.399 e. The van der Waals surface area contributed by atoms with E-state index in [1.807, 2.05) is 18.2 Å². The monoisotopic (exact) mass is 263 g/mol. The van der Waals surface area contributed by atoms with E-state index in [2.05, 4.69) is 31.1 Å². The van der Waals surface area contributed by atoms with Crippen molar-refractivity contribution in [2.24, 2.45) is 5.92 Å². The summed E-state index contributed by atoms with van der Waals surface area (Å²) in [7, 11) is 0. The number of anilines is 2. The Balaban J connectivity index is 2.03. The van der Waals surface area contributed by atoms with Crippen molar-refractivity contribution in [2.45, 2.75) is 39.7 Å². The molecule has 0 saturated heterocycles. The number of nitrogen functional groups attached to an aromatic ring is 1. The Morgan fingerprint density at radius 3 is 2.78 bits per heavy atom. The molecule has 1 heterocycles. The lowest BCUT2D eigenvalue weighted by atomic mass is 10.0. The van der Waals surface area contributed by atoms with E-state index in [4.69, 9.17) is 5.73 Å². The van der Waals surface area contributed by atoms with Gasteiger partial charge in [0.15, 0.2) is 5.13 Å². The molecule has 0 radical (unpaired) electrons. The van der Waals surface area contributed by atoms with Crippen LogP contribution in [-0.4, -0.2) is 11.0 Å². The first-order valence-corrected chi connectivity index (χ1v) is 7.29. The van der Waals surface area contributed by atoms with Crippen LogP contribution in [0.4, 0.5) is 10.8 Å². The second-order valence-electron chi connectivity index (χ2n) is 5.26. The molecular formula is C14H21N3S. The molecular weight excluding hydrogens is 242 g/mol. The molecule has 1 aromatic heterocycles. The lowest BCUT2D eigenvalue weighted by molar-refractivity contribution is 0.527. The van der Waals surface area contributed by atoms with Gasteiger partial charge in [-0.05, 0) is 43.9 Å². The first-order valence-electron chi connectivity index (χ1n) is 6.47. The van der Waals surface area contributed by atoms with Crippen LogP contribution < -0.4 is 11.1 Å². The van der Waals surface area contributed by atoms with Crippen LogP contribution in [0.15, 0.2) is 18.2 Å².